The smallest absolute Gasteiger partial charge is 0.248 e. The lowest BCUT2D eigenvalue weighted by molar-refractivity contribution is 0.378. The molecule has 1 aromatic heterocycles. The van der Waals surface area contributed by atoms with E-state index in [0.717, 1.165) is 5.69 Å². The van der Waals surface area contributed by atoms with Crippen molar-refractivity contribution in [2.24, 2.45) is 0 Å². The van der Waals surface area contributed by atoms with Crippen LogP contribution in [-0.2, 0) is 10.0 Å². The number of benzene rings is 1. The number of hydrogen-bond donors (Lipinski definition) is 0. The van der Waals surface area contributed by atoms with Gasteiger partial charge in [-0.3, -0.25) is 0 Å². The fourth-order valence-electron chi connectivity index (χ4n) is 2.92. The summed E-state index contributed by atoms with van der Waals surface area (Å²) < 4.78 is 32.1. The van der Waals surface area contributed by atoms with Crippen molar-refractivity contribution in [3.05, 3.63) is 39.7 Å². The fraction of sp³-hybridized carbons (Fsp3) is 0.400. The van der Waals surface area contributed by atoms with Gasteiger partial charge in [0.15, 0.2) is 5.76 Å². The molecule has 1 aliphatic heterocycles. The summed E-state index contributed by atoms with van der Waals surface area (Å²) in [6.07, 6.45) is 0. The second-order valence-electron chi connectivity index (χ2n) is 5.61. The molecule has 24 heavy (non-hydrogen) atoms. The molecule has 0 spiro atoms. The highest BCUT2D eigenvalue weighted by molar-refractivity contribution is 7.89. The molecule has 3 rings (SSSR count). The molecule has 1 aromatic carbocycles. The number of anilines is 1. The van der Waals surface area contributed by atoms with Crippen LogP contribution in [0.1, 0.15) is 11.5 Å². The molecular weight excluding hydrogens is 373 g/mol. The zero-order valence-corrected chi connectivity index (χ0v) is 15.6. The van der Waals surface area contributed by atoms with E-state index in [1.807, 2.05) is 4.90 Å². The lowest BCUT2D eigenvalue weighted by Crippen LogP contribution is -2.49. The van der Waals surface area contributed by atoms with Crippen LogP contribution >= 0.6 is 23.2 Å². The third-order valence-electron chi connectivity index (χ3n) is 4.06. The van der Waals surface area contributed by atoms with E-state index < -0.39 is 10.0 Å². The Hall–Kier alpha value is -1.28. The number of aromatic nitrogens is 1. The van der Waals surface area contributed by atoms with Gasteiger partial charge in [-0.15, -0.1) is 0 Å². The molecule has 6 nitrogen and oxygen atoms in total. The van der Waals surface area contributed by atoms with Crippen LogP contribution in [0.2, 0.25) is 10.0 Å². The second-order valence-corrected chi connectivity index (χ2v) is 8.30. The Morgan fingerprint density at radius 1 is 1.08 bits per heavy atom. The van der Waals surface area contributed by atoms with Crippen molar-refractivity contribution < 1.29 is 12.9 Å². The van der Waals surface area contributed by atoms with Gasteiger partial charge in [-0.05, 0) is 26.0 Å². The first-order chi connectivity index (χ1) is 11.3. The first-order valence-corrected chi connectivity index (χ1v) is 9.64. The molecule has 1 aliphatic rings. The Labute approximate surface area is 151 Å². The number of halogens is 2. The van der Waals surface area contributed by atoms with Gasteiger partial charge in [-0.2, -0.15) is 4.31 Å². The van der Waals surface area contributed by atoms with Crippen LogP contribution in [0.25, 0.3) is 0 Å². The second kappa shape index (κ2) is 6.55. The zero-order chi connectivity index (χ0) is 17.5. The van der Waals surface area contributed by atoms with E-state index in [-0.39, 0.29) is 4.90 Å². The van der Waals surface area contributed by atoms with Gasteiger partial charge >= 0.3 is 0 Å². The highest BCUT2D eigenvalue weighted by Gasteiger charge is 2.33. The molecule has 0 unspecified atom stereocenters. The minimum absolute atomic E-state index is 0.159. The van der Waals surface area contributed by atoms with Crippen LogP contribution in [-0.4, -0.2) is 44.1 Å². The zero-order valence-electron chi connectivity index (χ0n) is 13.3. The average Bonchev–Trinajstić information content (AvgIpc) is 2.87. The minimum atomic E-state index is -3.62. The predicted octanol–water partition coefficient (Wildman–Crippen LogP) is 3.11. The number of hydrogen-bond acceptors (Lipinski definition) is 5. The molecule has 0 N–H and O–H groups in total. The summed E-state index contributed by atoms with van der Waals surface area (Å²) in [6.45, 7) is 4.93. The van der Waals surface area contributed by atoms with Crippen molar-refractivity contribution in [2.45, 2.75) is 18.7 Å². The molecule has 0 amide bonds. The first kappa shape index (κ1) is 17.5. The SMILES string of the molecule is Cc1noc(C)c1S(=O)(=O)N1CCN(c2c(Cl)cccc2Cl)CC1. The van der Waals surface area contributed by atoms with Gasteiger partial charge in [0.25, 0.3) is 0 Å². The van der Waals surface area contributed by atoms with E-state index in [1.54, 1.807) is 32.0 Å². The summed E-state index contributed by atoms with van der Waals surface area (Å²) in [4.78, 5) is 2.16. The molecule has 0 aliphatic carbocycles. The van der Waals surface area contributed by atoms with Crippen LogP contribution < -0.4 is 4.90 Å². The highest BCUT2D eigenvalue weighted by Crippen LogP contribution is 2.34. The van der Waals surface area contributed by atoms with E-state index >= 15 is 0 Å². The van der Waals surface area contributed by atoms with Crippen molar-refractivity contribution in [3.8, 4) is 0 Å². The maximum Gasteiger partial charge on any atom is 0.248 e. The van der Waals surface area contributed by atoms with Gasteiger partial charge in [-0.25, -0.2) is 8.42 Å². The van der Waals surface area contributed by atoms with Crippen molar-refractivity contribution in [3.63, 3.8) is 0 Å². The quantitative estimate of drug-likeness (QED) is 0.806. The van der Waals surface area contributed by atoms with E-state index in [4.69, 9.17) is 27.7 Å². The molecule has 1 saturated heterocycles. The van der Waals surface area contributed by atoms with Gasteiger partial charge < -0.3 is 9.42 Å². The monoisotopic (exact) mass is 389 g/mol. The molecule has 130 valence electrons. The average molecular weight is 390 g/mol. The predicted molar refractivity (Wildman–Crippen MR) is 93.4 cm³/mol. The fourth-order valence-corrected chi connectivity index (χ4v) is 5.26. The van der Waals surface area contributed by atoms with Crippen LogP contribution in [0, 0.1) is 13.8 Å². The molecular formula is C15H17Cl2N3O3S. The summed E-state index contributed by atoms with van der Waals surface area (Å²) in [7, 11) is -3.62. The molecule has 2 aromatic rings. The topological polar surface area (TPSA) is 66.7 Å². The number of aryl methyl sites for hydroxylation is 2. The van der Waals surface area contributed by atoms with Crippen molar-refractivity contribution in [2.75, 3.05) is 31.1 Å². The standard InChI is InChI=1S/C15H17Cl2N3O3S/c1-10-15(11(2)23-18-10)24(21,22)20-8-6-19(7-9-20)14-12(16)4-3-5-13(14)17/h3-5H,6-9H2,1-2H3. The van der Waals surface area contributed by atoms with Crippen LogP contribution in [0.3, 0.4) is 0 Å². The van der Waals surface area contributed by atoms with Crippen molar-refractivity contribution in [1.82, 2.24) is 9.46 Å². The lowest BCUT2D eigenvalue weighted by atomic mass is 10.2. The Kier molecular flexibility index (Phi) is 4.79. The van der Waals surface area contributed by atoms with Gasteiger partial charge in [0.1, 0.15) is 10.6 Å². The summed E-state index contributed by atoms with van der Waals surface area (Å²) >= 11 is 12.5. The summed E-state index contributed by atoms with van der Waals surface area (Å²) in [5.41, 5.74) is 1.12. The van der Waals surface area contributed by atoms with Gasteiger partial charge in [-0.1, -0.05) is 34.4 Å². The van der Waals surface area contributed by atoms with Crippen LogP contribution in [0.15, 0.2) is 27.6 Å². The number of piperazine rings is 1. The Morgan fingerprint density at radius 2 is 1.67 bits per heavy atom. The first-order valence-electron chi connectivity index (χ1n) is 7.44. The van der Waals surface area contributed by atoms with Crippen LogP contribution in [0.5, 0.6) is 0 Å². The molecule has 1 fully saturated rings. The highest BCUT2D eigenvalue weighted by atomic mass is 35.5. The number of nitrogens with zero attached hydrogens (tertiary/aromatic N) is 3. The van der Waals surface area contributed by atoms with E-state index in [9.17, 15) is 8.42 Å². The molecule has 0 bridgehead atoms. The molecule has 0 radical (unpaired) electrons. The van der Waals surface area contributed by atoms with E-state index in [2.05, 4.69) is 5.16 Å². The summed E-state index contributed by atoms with van der Waals surface area (Å²) in [5.74, 6) is 0.309. The molecule has 0 atom stereocenters. The molecule has 2 heterocycles. The summed E-state index contributed by atoms with van der Waals surface area (Å²) in [6, 6.07) is 5.33. The third-order valence-corrected chi connectivity index (χ3v) is 6.81. The van der Waals surface area contributed by atoms with Gasteiger partial charge in [0.2, 0.25) is 10.0 Å². The Morgan fingerprint density at radius 3 is 2.17 bits per heavy atom. The van der Waals surface area contributed by atoms with E-state index in [1.165, 1.54) is 4.31 Å². The minimum Gasteiger partial charge on any atom is -0.366 e. The Balaban J connectivity index is 1.81. The maximum absolute atomic E-state index is 12.8. The normalized spacial score (nSPS) is 16.6. The van der Waals surface area contributed by atoms with E-state index in [0.29, 0.717) is 47.7 Å². The van der Waals surface area contributed by atoms with Gasteiger partial charge in [0.05, 0.1) is 15.7 Å². The number of para-hydroxylation sites is 1. The van der Waals surface area contributed by atoms with Crippen molar-refractivity contribution in [1.29, 1.82) is 0 Å². The van der Waals surface area contributed by atoms with Crippen LogP contribution in [0.4, 0.5) is 5.69 Å². The number of rotatable bonds is 3. The summed E-state index contributed by atoms with van der Waals surface area (Å²) in [5, 5.41) is 4.86. The lowest BCUT2D eigenvalue weighted by Gasteiger charge is -2.36. The number of sulfonamides is 1. The van der Waals surface area contributed by atoms with Gasteiger partial charge in [0, 0.05) is 26.2 Å². The molecule has 9 heteroatoms. The molecule has 0 saturated carbocycles. The third kappa shape index (κ3) is 3.01. The Bertz CT molecular complexity index is 819. The maximum atomic E-state index is 12.8. The van der Waals surface area contributed by atoms with Crippen molar-refractivity contribution >= 4 is 38.9 Å². The largest absolute Gasteiger partial charge is 0.366 e.